The molecule has 7 heteroatoms. The van der Waals surface area contributed by atoms with Gasteiger partial charge in [-0.05, 0) is 43.4 Å². The van der Waals surface area contributed by atoms with Crippen molar-refractivity contribution in [3.8, 4) is 0 Å². The number of halogens is 2. The molecule has 3 amide bonds. The van der Waals surface area contributed by atoms with Gasteiger partial charge in [0, 0.05) is 4.47 Å². The molecule has 1 aromatic carbocycles. The maximum absolute atomic E-state index is 14.1. The molecule has 1 heterocycles. The Morgan fingerprint density at radius 1 is 1.22 bits per heavy atom. The monoisotopic (exact) mass is 436 g/mol. The number of hydrogen-bond donors (Lipinski definition) is 1. The molecule has 1 N–H and O–H groups in total. The van der Waals surface area contributed by atoms with Crippen molar-refractivity contribution >= 4 is 39.3 Å². The Hall–Kier alpha value is -2.02. The smallest absolute Gasteiger partial charge is 0.247 e. The van der Waals surface area contributed by atoms with Crippen LogP contribution in [0.4, 0.5) is 10.1 Å². The lowest BCUT2D eigenvalue weighted by atomic mass is 9.85. The largest absolute Gasteiger partial charge is 0.322 e. The highest BCUT2D eigenvalue weighted by molar-refractivity contribution is 9.10. The lowest BCUT2D eigenvalue weighted by Gasteiger charge is -2.27. The van der Waals surface area contributed by atoms with Crippen LogP contribution in [0.25, 0.3) is 0 Å². The second kappa shape index (κ2) is 7.92. The van der Waals surface area contributed by atoms with Crippen LogP contribution < -0.4 is 5.32 Å². The molecular formula is C20H22BrFN2O3. The molecule has 0 aromatic heterocycles. The SMILES string of the molecule is CC(C)CC(C(=O)Nc1ccc(Br)cc1F)N1C(=O)C2CC=CCC2C1=O. The predicted octanol–water partition coefficient (Wildman–Crippen LogP) is 3.89. The van der Waals surface area contributed by atoms with Crippen molar-refractivity contribution in [2.75, 3.05) is 5.32 Å². The van der Waals surface area contributed by atoms with E-state index in [-0.39, 0.29) is 23.4 Å². The molecule has 3 unspecified atom stereocenters. The number of imide groups is 1. The van der Waals surface area contributed by atoms with E-state index in [2.05, 4.69) is 21.2 Å². The minimum atomic E-state index is -0.946. The number of rotatable bonds is 5. The van der Waals surface area contributed by atoms with Gasteiger partial charge in [-0.25, -0.2) is 4.39 Å². The average molecular weight is 437 g/mol. The maximum Gasteiger partial charge on any atom is 0.247 e. The standard InChI is InChI=1S/C20H22BrFN2O3/c1-11(2)9-17(18(25)23-16-8-7-12(21)10-15(16)22)24-19(26)13-5-3-4-6-14(13)20(24)27/h3-4,7-8,10-11,13-14,17H,5-6,9H2,1-2H3,(H,23,25). The Kier molecular flexibility index (Phi) is 5.79. The third kappa shape index (κ3) is 3.98. The summed E-state index contributed by atoms with van der Waals surface area (Å²) in [5.74, 6) is -2.44. The van der Waals surface area contributed by atoms with E-state index in [0.29, 0.717) is 23.7 Å². The normalized spacial score (nSPS) is 22.9. The van der Waals surface area contributed by atoms with Crippen molar-refractivity contribution < 1.29 is 18.8 Å². The first-order chi connectivity index (χ1) is 12.8. The highest BCUT2D eigenvalue weighted by atomic mass is 79.9. The summed E-state index contributed by atoms with van der Waals surface area (Å²) in [4.78, 5) is 39.7. The molecule has 27 heavy (non-hydrogen) atoms. The van der Waals surface area contributed by atoms with Crippen molar-refractivity contribution in [2.24, 2.45) is 17.8 Å². The van der Waals surface area contributed by atoms with E-state index in [1.54, 1.807) is 6.07 Å². The number of nitrogens with zero attached hydrogens (tertiary/aromatic N) is 1. The number of carbonyl (C=O) groups excluding carboxylic acids is 3. The summed E-state index contributed by atoms with van der Waals surface area (Å²) >= 11 is 3.17. The number of likely N-dealkylation sites (tertiary alicyclic amines) is 1. The number of hydrogen-bond acceptors (Lipinski definition) is 3. The minimum Gasteiger partial charge on any atom is -0.322 e. The molecule has 1 aliphatic carbocycles. The summed E-state index contributed by atoms with van der Waals surface area (Å²) < 4.78 is 14.7. The van der Waals surface area contributed by atoms with Gasteiger partial charge in [-0.15, -0.1) is 0 Å². The van der Waals surface area contributed by atoms with Crippen LogP contribution in [0, 0.1) is 23.6 Å². The van der Waals surface area contributed by atoms with Crippen LogP contribution in [0.2, 0.25) is 0 Å². The number of fused-ring (bicyclic) bond motifs is 1. The second-order valence-corrected chi connectivity index (χ2v) is 8.38. The Morgan fingerprint density at radius 2 is 1.81 bits per heavy atom. The fourth-order valence-corrected chi connectivity index (χ4v) is 4.05. The number of benzene rings is 1. The fourth-order valence-electron chi connectivity index (χ4n) is 3.72. The zero-order valence-electron chi connectivity index (χ0n) is 15.2. The Bertz CT molecular complexity index is 782. The van der Waals surface area contributed by atoms with Crippen molar-refractivity contribution in [3.05, 3.63) is 40.6 Å². The first-order valence-corrected chi connectivity index (χ1v) is 9.86. The van der Waals surface area contributed by atoms with Crippen LogP contribution >= 0.6 is 15.9 Å². The summed E-state index contributed by atoms with van der Waals surface area (Å²) in [6, 6.07) is 3.36. The molecule has 1 aromatic rings. The first kappa shape index (κ1) is 19.7. The van der Waals surface area contributed by atoms with E-state index in [1.165, 1.54) is 12.1 Å². The average Bonchev–Trinajstić information content (AvgIpc) is 2.86. The van der Waals surface area contributed by atoms with Crippen LogP contribution in [-0.4, -0.2) is 28.7 Å². The van der Waals surface area contributed by atoms with Gasteiger partial charge in [-0.3, -0.25) is 19.3 Å². The van der Waals surface area contributed by atoms with Gasteiger partial charge in [0.05, 0.1) is 17.5 Å². The summed E-state index contributed by atoms with van der Waals surface area (Å²) in [5.41, 5.74) is 0.0233. The van der Waals surface area contributed by atoms with Crippen molar-refractivity contribution in [2.45, 2.75) is 39.2 Å². The Balaban J connectivity index is 1.86. The summed E-state index contributed by atoms with van der Waals surface area (Å²) in [5, 5.41) is 2.55. The lowest BCUT2D eigenvalue weighted by molar-refractivity contribution is -0.147. The van der Waals surface area contributed by atoms with Gasteiger partial charge in [0.15, 0.2) is 0 Å². The zero-order valence-corrected chi connectivity index (χ0v) is 16.8. The van der Waals surface area contributed by atoms with Gasteiger partial charge in [-0.2, -0.15) is 0 Å². The molecule has 0 radical (unpaired) electrons. The number of nitrogens with one attached hydrogen (secondary N) is 1. The molecule has 5 nitrogen and oxygen atoms in total. The number of carbonyl (C=O) groups is 3. The summed E-state index contributed by atoms with van der Waals surface area (Å²) in [6.45, 7) is 3.83. The van der Waals surface area contributed by atoms with Crippen LogP contribution in [0.1, 0.15) is 33.1 Å². The molecule has 1 aliphatic heterocycles. The molecule has 144 valence electrons. The van der Waals surface area contributed by atoms with E-state index >= 15 is 0 Å². The highest BCUT2D eigenvalue weighted by Gasteiger charge is 2.51. The third-order valence-electron chi connectivity index (χ3n) is 5.04. The zero-order chi connectivity index (χ0) is 19.7. The van der Waals surface area contributed by atoms with Gasteiger partial charge in [-0.1, -0.05) is 41.9 Å². The predicted molar refractivity (Wildman–Crippen MR) is 103 cm³/mol. The lowest BCUT2D eigenvalue weighted by Crippen LogP contribution is -2.48. The van der Waals surface area contributed by atoms with Crippen LogP contribution in [0.5, 0.6) is 0 Å². The topological polar surface area (TPSA) is 66.5 Å². The van der Waals surface area contributed by atoms with Gasteiger partial charge < -0.3 is 5.32 Å². The van der Waals surface area contributed by atoms with Gasteiger partial charge in [0.25, 0.3) is 0 Å². The highest BCUT2D eigenvalue weighted by Crippen LogP contribution is 2.37. The number of amides is 3. The van der Waals surface area contributed by atoms with Crippen LogP contribution in [-0.2, 0) is 14.4 Å². The maximum atomic E-state index is 14.1. The van der Waals surface area contributed by atoms with Crippen molar-refractivity contribution in [1.82, 2.24) is 4.90 Å². The molecule has 3 rings (SSSR count). The van der Waals surface area contributed by atoms with Crippen molar-refractivity contribution in [3.63, 3.8) is 0 Å². The van der Waals surface area contributed by atoms with Gasteiger partial charge in [0.1, 0.15) is 11.9 Å². The minimum absolute atomic E-state index is 0.0233. The number of allylic oxidation sites excluding steroid dienone is 2. The third-order valence-corrected chi connectivity index (χ3v) is 5.53. The molecule has 1 saturated heterocycles. The van der Waals surface area contributed by atoms with E-state index in [0.717, 1.165) is 4.90 Å². The molecule has 0 bridgehead atoms. The van der Waals surface area contributed by atoms with E-state index in [4.69, 9.17) is 0 Å². The second-order valence-electron chi connectivity index (χ2n) is 7.46. The van der Waals surface area contributed by atoms with Crippen LogP contribution in [0.15, 0.2) is 34.8 Å². The fraction of sp³-hybridized carbons (Fsp3) is 0.450. The van der Waals surface area contributed by atoms with Crippen LogP contribution in [0.3, 0.4) is 0 Å². The summed E-state index contributed by atoms with van der Waals surface area (Å²) in [6.07, 6.45) is 5.18. The van der Waals surface area contributed by atoms with Crippen molar-refractivity contribution in [1.29, 1.82) is 0 Å². The molecular weight excluding hydrogens is 415 g/mol. The Morgan fingerprint density at radius 3 is 2.33 bits per heavy atom. The molecule has 0 spiro atoms. The van der Waals surface area contributed by atoms with E-state index < -0.39 is 29.6 Å². The molecule has 3 atom stereocenters. The molecule has 1 fully saturated rings. The van der Waals surface area contributed by atoms with E-state index in [1.807, 2.05) is 26.0 Å². The summed E-state index contributed by atoms with van der Waals surface area (Å²) in [7, 11) is 0. The molecule has 2 aliphatic rings. The van der Waals surface area contributed by atoms with Gasteiger partial charge in [0.2, 0.25) is 17.7 Å². The quantitative estimate of drug-likeness (QED) is 0.562. The number of anilines is 1. The Labute approximate surface area is 166 Å². The molecule has 0 saturated carbocycles. The van der Waals surface area contributed by atoms with E-state index in [9.17, 15) is 18.8 Å². The van der Waals surface area contributed by atoms with Gasteiger partial charge >= 0.3 is 0 Å². The first-order valence-electron chi connectivity index (χ1n) is 9.07.